The maximum absolute atomic E-state index is 12.1. The Balaban J connectivity index is 1.64. The first kappa shape index (κ1) is 14.1. The lowest BCUT2D eigenvalue weighted by Gasteiger charge is -2.12. The van der Waals surface area contributed by atoms with E-state index in [0.717, 1.165) is 5.69 Å². The molecule has 1 unspecified atom stereocenters. The van der Waals surface area contributed by atoms with E-state index in [1.807, 2.05) is 30.3 Å². The maximum Gasteiger partial charge on any atom is 0.316 e. The molecule has 1 heterocycles. The lowest BCUT2D eigenvalue weighted by Crippen LogP contribution is -2.29. The number of esters is 1. The largest absolute Gasteiger partial charge is 0.424 e. The molecule has 3 rings (SSSR count). The molecule has 0 saturated carbocycles. The monoisotopic (exact) mass is 296 g/mol. The lowest BCUT2D eigenvalue weighted by atomic mass is 10.1. The number of hydrogen-bond donors (Lipinski definition) is 2. The highest BCUT2D eigenvalue weighted by molar-refractivity contribution is 5.94. The van der Waals surface area contributed by atoms with Crippen molar-refractivity contribution in [1.82, 2.24) is 0 Å². The highest BCUT2D eigenvalue weighted by atomic mass is 16.5. The summed E-state index contributed by atoms with van der Waals surface area (Å²) in [6.45, 7) is 0.373. The van der Waals surface area contributed by atoms with Crippen LogP contribution in [0, 0.1) is 5.92 Å². The normalized spacial score (nSPS) is 16.7. The molecule has 112 valence electrons. The molecule has 0 saturated heterocycles. The molecule has 5 heteroatoms. The van der Waals surface area contributed by atoms with Gasteiger partial charge in [0.25, 0.3) is 0 Å². The van der Waals surface area contributed by atoms with Gasteiger partial charge < -0.3 is 15.4 Å². The molecule has 0 fully saturated rings. The first-order valence-corrected chi connectivity index (χ1v) is 7.12. The molecule has 2 N–H and O–H groups in total. The van der Waals surface area contributed by atoms with E-state index in [2.05, 4.69) is 10.6 Å². The molecular weight excluding hydrogens is 280 g/mol. The highest BCUT2D eigenvalue weighted by Gasteiger charge is 2.27. The summed E-state index contributed by atoms with van der Waals surface area (Å²) < 4.78 is 5.34. The fourth-order valence-corrected chi connectivity index (χ4v) is 2.32. The number of hydrogen-bond acceptors (Lipinski definition) is 4. The minimum absolute atomic E-state index is 0.0781. The van der Waals surface area contributed by atoms with Crippen LogP contribution in [-0.2, 0) is 9.59 Å². The van der Waals surface area contributed by atoms with E-state index >= 15 is 0 Å². The van der Waals surface area contributed by atoms with Crippen molar-refractivity contribution in [2.24, 2.45) is 5.92 Å². The Hall–Kier alpha value is -2.82. The Morgan fingerprint density at radius 3 is 2.68 bits per heavy atom. The van der Waals surface area contributed by atoms with E-state index in [-0.39, 0.29) is 18.3 Å². The zero-order valence-electron chi connectivity index (χ0n) is 11.9. The summed E-state index contributed by atoms with van der Waals surface area (Å²) in [7, 11) is 0. The van der Waals surface area contributed by atoms with Crippen LogP contribution in [0.5, 0.6) is 5.75 Å². The Morgan fingerprint density at radius 1 is 1.14 bits per heavy atom. The van der Waals surface area contributed by atoms with Gasteiger partial charge in [0, 0.05) is 18.7 Å². The summed E-state index contributed by atoms with van der Waals surface area (Å²) in [5.74, 6) is -0.615. The molecule has 0 radical (unpaired) electrons. The number of amides is 1. The minimum atomic E-state index is -0.517. The number of fused-ring (bicyclic) bond motifs is 1. The Morgan fingerprint density at radius 2 is 1.86 bits per heavy atom. The van der Waals surface area contributed by atoms with Crippen molar-refractivity contribution in [2.45, 2.75) is 6.42 Å². The van der Waals surface area contributed by atoms with Gasteiger partial charge in [-0.05, 0) is 24.3 Å². The molecular formula is C17H16N2O3. The molecule has 0 spiro atoms. The summed E-state index contributed by atoms with van der Waals surface area (Å²) in [5, 5.41) is 5.93. The van der Waals surface area contributed by atoms with Crippen molar-refractivity contribution in [3.05, 3.63) is 54.6 Å². The van der Waals surface area contributed by atoms with Crippen LogP contribution in [0.1, 0.15) is 6.42 Å². The van der Waals surface area contributed by atoms with Gasteiger partial charge in [-0.15, -0.1) is 0 Å². The SMILES string of the molecule is O=C(CC1CNc2ccccc2OC1=O)Nc1ccccc1. The third-order valence-corrected chi connectivity index (χ3v) is 3.46. The molecule has 0 bridgehead atoms. The summed E-state index contributed by atoms with van der Waals surface area (Å²) in [5.41, 5.74) is 1.48. The third kappa shape index (κ3) is 3.25. The minimum Gasteiger partial charge on any atom is -0.424 e. The second-order valence-corrected chi connectivity index (χ2v) is 5.11. The van der Waals surface area contributed by atoms with Crippen LogP contribution in [0.3, 0.4) is 0 Å². The molecule has 0 aromatic heterocycles. The van der Waals surface area contributed by atoms with Gasteiger partial charge in [0.15, 0.2) is 5.75 Å². The smallest absolute Gasteiger partial charge is 0.316 e. The number of para-hydroxylation sites is 3. The van der Waals surface area contributed by atoms with Gasteiger partial charge in [0.2, 0.25) is 5.91 Å². The van der Waals surface area contributed by atoms with Crippen molar-refractivity contribution in [2.75, 3.05) is 17.2 Å². The number of ether oxygens (including phenoxy) is 1. The first-order valence-electron chi connectivity index (χ1n) is 7.12. The maximum atomic E-state index is 12.1. The predicted molar refractivity (Wildman–Crippen MR) is 83.7 cm³/mol. The van der Waals surface area contributed by atoms with Crippen LogP contribution in [0.2, 0.25) is 0 Å². The van der Waals surface area contributed by atoms with Gasteiger partial charge in [-0.2, -0.15) is 0 Å². The van der Waals surface area contributed by atoms with Crippen LogP contribution in [0.25, 0.3) is 0 Å². The summed E-state index contributed by atoms with van der Waals surface area (Å²) >= 11 is 0. The summed E-state index contributed by atoms with van der Waals surface area (Å²) in [6, 6.07) is 16.4. The van der Waals surface area contributed by atoms with Gasteiger partial charge in [-0.3, -0.25) is 9.59 Å². The van der Waals surface area contributed by atoms with Gasteiger partial charge in [-0.25, -0.2) is 0 Å². The average molecular weight is 296 g/mol. The predicted octanol–water partition coefficient (Wildman–Crippen LogP) is 2.66. The molecule has 1 atom stereocenters. The Kier molecular flexibility index (Phi) is 4.05. The summed E-state index contributed by atoms with van der Waals surface area (Å²) in [4.78, 5) is 24.2. The Labute approximate surface area is 128 Å². The van der Waals surface area contributed by atoms with Crippen LogP contribution < -0.4 is 15.4 Å². The van der Waals surface area contributed by atoms with Crippen molar-refractivity contribution in [3.8, 4) is 5.75 Å². The highest BCUT2D eigenvalue weighted by Crippen LogP contribution is 2.28. The number of carbonyl (C=O) groups is 2. The average Bonchev–Trinajstić information content (AvgIpc) is 2.68. The standard InChI is InChI=1S/C17H16N2O3/c20-16(19-13-6-2-1-3-7-13)10-12-11-18-14-8-4-5-9-15(14)22-17(12)21/h1-9,12,18H,10-11H2,(H,19,20). The van der Waals surface area contributed by atoms with Crippen molar-refractivity contribution in [3.63, 3.8) is 0 Å². The second-order valence-electron chi connectivity index (χ2n) is 5.11. The zero-order valence-corrected chi connectivity index (χ0v) is 11.9. The van der Waals surface area contributed by atoms with E-state index in [1.54, 1.807) is 24.3 Å². The zero-order chi connectivity index (χ0) is 15.4. The molecule has 2 aromatic rings. The summed E-state index contributed by atoms with van der Waals surface area (Å²) in [6.07, 6.45) is 0.0781. The van der Waals surface area contributed by atoms with Crippen molar-refractivity contribution >= 4 is 23.3 Å². The Bertz CT molecular complexity index is 685. The van der Waals surface area contributed by atoms with Gasteiger partial charge >= 0.3 is 5.97 Å². The van der Waals surface area contributed by atoms with Crippen molar-refractivity contribution < 1.29 is 14.3 Å². The number of rotatable bonds is 3. The lowest BCUT2D eigenvalue weighted by molar-refractivity contribution is -0.140. The number of benzene rings is 2. The van der Waals surface area contributed by atoms with E-state index in [4.69, 9.17) is 4.74 Å². The molecule has 5 nitrogen and oxygen atoms in total. The van der Waals surface area contributed by atoms with Crippen LogP contribution in [0.15, 0.2) is 54.6 Å². The van der Waals surface area contributed by atoms with E-state index in [1.165, 1.54) is 0 Å². The van der Waals surface area contributed by atoms with E-state index in [0.29, 0.717) is 18.0 Å². The molecule has 0 aliphatic carbocycles. The third-order valence-electron chi connectivity index (χ3n) is 3.46. The number of carbonyl (C=O) groups excluding carboxylic acids is 2. The van der Waals surface area contributed by atoms with E-state index in [9.17, 15) is 9.59 Å². The molecule has 1 aliphatic heterocycles. The van der Waals surface area contributed by atoms with Crippen LogP contribution in [-0.4, -0.2) is 18.4 Å². The van der Waals surface area contributed by atoms with Gasteiger partial charge in [0.1, 0.15) is 0 Å². The fourth-order valence-electron chi connectivity index (χ4n) is 2.32. The molecule has 1 amide bonds. The second kappa shape index (κ2) is 6.30. The quantitative estimate of drug-likeness (QED) is 0.675. The first-order chi connectivity index (χ1) is 10.7. The van der Waals surface area contributed by atoms with Gasteiger partial charge in [-0.1, -0.05) is 30.3 Å². The number of anilines is 2. The topological polar surface area (TPSA) is 67.4 Å². The van der Waals surface area contributed by atoms with Crippen LogP contribution >= 0.6 is 0 Å². The fraction of sp³-hybridized carbons (Fsp3) is 0.176. The molecule has 1 aliphatic rings. The van der Waals surface area contributed by atoms with Crippen molar-refractivity contribution in [1.29, 1.82) is 0 Å². The van der Waals surface area contributed by atoms with Gasteiger partial charge in [0.05, 0.1) is 11.6 Å². The number of nitrogens with one attached hydrogen (secondary N) is 2. The molecule has 2 aromatic carbocycles. The van der Waals surface area contributed by atoms with E-state index < -0.39 is 5.92 Å². The molecule has 22 heavy (non-hydrogen) atoms. The van der Waals surface area contributed by atoms with Crippen LogP contribution in [0.4, 0.5) is 11.4 Å².